The Kier molecular flexibility index (Phi) is 5.44. The maximum absolute atomic E-state index is 13.0. The fourth-order valence-corrected chi connectivity index (χ4v) is 4.53. The fraction of sp³-hybridized carbons (Fsp3) is 0.304. The Balaban J connectivity index is 1.83. The Morgan fingerprint density at radius 1 is 1.13 bits per heavy atom. The molecule has 7 heteroatoms. The van der Waals surface area contributed by atoms with Gasteiger partial charge in [0.2, 0.25) is 0 Å². The fourth-order valence-electron chi connectivity index (χ4n) is 3.70. The number of nitrogens with one attached hydrogen (secondary N) is 2. The second kappa shape index (κ2) is 7.91. The van der Waals surface area contributed by atoms with Crippen molar-refractivity contribution in [3.05, 3.63) is 70.9 Å². The van der Waals surface area contributed by atoms with Gasteiger partial charge < -0.3 is 10.4 Å². The lowest BCUT2D eigenvalue weighted by Gasteiger charge is -2.26. The van der Waals surface area contributed by atoms with Crippen LogP contribution >= 0.6 is 0 Å². The van der Waals surface area contributed by atoms with Crippen molar-refractivity contribution in [2.45, 2.75) is 44.6 Å². The van der Waals surface area contributed by atoms with Gasteiger partial charge in [-0.1, -0.05) is 30.3 Å². The van der Waals surface area contributed by atoms with E-state index in [1.807, 2.05) is 51.1 Å². The number of aromatic nitrogens is 1. The van der Waals surface area contributed by atoms with Crippen molar-refractivity contribution < 1.29 is 14.1 Å². The van der Waals surface area contributed by atoms with Crippen molar-refractivity contribution in [1.29, 1.82) is 0 Å². The van der Waals surface area contributed by atoms with E-state index in [1.54, 1.807) is 18.3 Å². The number of hydrogen-bond donors (Lipinski definition) is 3. The Bertz CT molecular complexity index is 1150. The van der Waals surface area contributed by atoms with E-state index in [9.17, 15) is 14.1 Å². The Morgan fingerprint density at radius 3 is 2.57 bits per heavy atom. The standard InChI is InChI=1S/C23H25N3O3S/c1-23(2,3)30(29)26-19(12-14-6-4-5-7-15(14)13-27)16-8-9-17-20-18(25-22(17)28)10-11-24-21(16)20/h4-11,19,26-27H,12-13H2,1-3H3,(H,25,28)/t19-,30?/m0/s1. The van der Waals surface area contributed by atoms with Crippen LogP contribution in [0, 0.1) is 0 Å². The maximum atomic E-state index is 13.0. The molecule has 0 fully saturated rings. The topological polar surface area (TPSA) is 91.3 Å². The van der Waals surface area contributed by atoms with Crippen LogP contribution in [0.2, 0.25) is 0 Å². The van der Waals surface area contributed by atoms with Crippen LogP contribution in [0.15, 0.2) is 48.7 Å². The average molecular weight is 424 g/mol. The molecule has 0 radical (unpaired) electrons. The van der Waals surface area contributed by atoms with E-state index in [2.05, 4.69) is 15.0 Å². The Hall–Kier alpha value is -2.61. The summed E-state index contributed by atoms with van der Waals surface area (Å²) in [5.41, 5.74) is 4.74. The first-order chi connectivity index (χ1) is 14.3. The summed E-state index contributed by atoms with van der Waals surface area (Å²) in [4.78, 5) is 16.9. The number of benzene rings is 2. The van der Waals surface area contributed by atoms with Gasteiger partial charge in [0.25, 0.3) is 5.91 Å². The number of amides is 1. The average Bonchev–Trinajstić information content (AvgIpc) is 3.04. The minimum absolute atomic E-state index is 0.0637. The normalized spacial score (nSPS) is 15.3. The van der Waals surface area contributed by atoms with Crippen molar-refractivity contribution in [2.24, 2.45) is 0 Å². The van der Waals surface area contributed by atoms with Gasteiger partial charge in [-0.2, -0.15) is 0 Å². The molecule has 0 spiro atoms. The molecular weight excluding hydrogens is 398 g/mol. The first-order valence-electron chi connectivity index (χ1n) is 9.88. The minimum atomic E-state index is -1.32. The SMILES string of the molecule is CC(C)(C)S(=O)N[C@@H](Cc1ccccc1CO)c1ccc2c3c(ccnc13)NC2=O. The van der Waals surface area contributed by atoms with Crippen molar-refractivity contribution in [1.82, 2.24) is 9.71 Å². The van der Waals surface area contributed by atoms with E-state index in [4.69, 9.17) is 0 Å². The first-order valence-corrected chi connectivity index (χ1v) is 11.0. The summed E-state index contributed by atoms with van der Waals surface area (Å²) in [6.07, 6.45) is 2.20. The summed E-state index contributed by atoms with van der Waals surface area (Å²) in [5.74, 6) is -0.136. The van der Waals surface area contributed by atoms with E-state index in [1.165, 1.54) is 0 Å². The van der Waals surface area contributed by atoms with Crippen LogP contribution in [0.3, 0.4) is 0 Å². The second-order valence-electron chi connectivity index (χ2n) is 8.42. The molecule has 1 aliphatic rings. The molecule has 6 nitrogen and oxygen atoms in total. The summed E-state index contributed by atoms with van der Waals surface area (Å²) in [7, 11) is -1.32. The molecule has 156 valence electrons. The molecule has 3 N–H and O–H groups in total. The molecule has 2 atom stereocenters. The molecule has 1 amide bonds. The summed E-state index contributed by atoms with van der Waals surface area (Å²) in [5, 5.41) is 13.4. The summed E-state index contributed by atoms with van der Waals surface area (Å²) < 4.78 is 15.8. The molecule has 3 aromatic rings. The largest absolute Gasteiger partial charge is 0.392 e. The van der Waals surface area contributed by atoms with Gasteiger partial charge in [-0.3, -0.25) is 9.78 Å². The highest BCUT2D eigenvalue weighted by molar-refractivity contribution is 7.84. The van der Waals surface area contributed by atoms with Gasteiger partial charge in [-0.25, -0.2) is 8.93 Å². The van der Waals surface area contributed by atoms with Crippen LogP contribution in [0.5, 0.6) is 0 Å². The molecule has 0 saturated carbocycles. The number of carbonyl (C=O) groups excluding carboxylic acids is 1. The Labute approximate surface area is 178 Å². The summed E-state index contributed by atoms with van der Waals surface area (Å²) in [6, 6.07) is 12.8. The Morgan fingerprint density at radius 2 is 1.87 bits per heavy atom. The third-order valence-corrected chi connectivity index (χ3v) is 6.92. The highest BCUT2D eigenvalue weighted by Crippen LogP contribution is 2.36. The zero-order chi connectivity index (χ0) is 21.5. The summed E-state index contributed by atoms with van der Waals surface area (Å²) in [6.45, 7) is 5.70. The van der Waals surface area contributed by atoms with Gasteiger partial charge >= 0.3 is 0 Å². The molecule has 1 aromatic heterocycles. The highest BCUT2D eigenvalue weighted by Gasteiger charge is 2.29. The lowest BCUT2D eigenvalue weighted by molar-refractivity contribution is 0.103. The van der Waals surface area contributed by atoms with Gasteiger partial charge in [0, 0.05) is 11.6 Å². The van der Waals surface area contributed by atoms with Crippen molar-refractivity contribution in [2.75, 3.05) is 5.32 Å². The predicted molar refractivity (Wildman–Crippen MR) is 120 cm³/mol. The first kappa shape index (κ1) is 20.7. The molecule has 1 unspecified atom stereocenters. The molecule has 0 bridgehead atoms. The molecule has 2 heterocycles. The molecule has 30 heavy (non-hydrogen) atoms. The van der Waals surface area contributed by atoms with Gasteiger partial charge in [0.15, 0.2) is 0 Å². The van der Waals surface area contributed by atoms with Gasteiger partial charge in [0.05, 0.1) is 45.1 Å². The third-order valence-electron chi connectivity index (χ3n) is 5.31. The zero-order valence-corrected chi connectivity index (χ0v) is 18.0. The number of nitrogens with zero attached hydrogens (tertiary/aromatic N) is 1. The van der Waals surface area contributed by atoms with E-state index in [-0.39, 0.29) is 18.6 Å². The van der Waals surface area contributed by atoms with Gasteiger partial charge in [0.1, 0.15) is 0 Å². The number of hydrogen-bond acceptors (Lipinski definition) is 4. The number of pyridine rings is 1. The van der Waals surface area contributed by atoms with Crippen LogP contribution < -0.4 is 10.0 Å². The van der Waals surface area contributed by atoms with Crippen LogP contribution in [0.1, 0.15) is 53.9 Å². The molecule has 4 rings (SSSR count). The monoisotopic (exact) mass is 423 g/mol. The minimum Gasteiger partial charge on any atom is -0.392 e. The number of aliphatic hydroxyl groups is 1. The maximum Gasteiger partial charge on any atom is 0.256 e. The van der Waals surface area contributed by atoms with E-state index >= 15 is 0 Å². The molecular formula is C23H25N3O3S. The van der Waals surface area contributed by atoms with Crippen molar-refractivity contribution in [3.8, 4) is 0 Å². The molecule has 1 aliphatic heterocycles. The van der Waals surface area contributed by atoms with Crippen LogP contribution in [-0.2, 0) is 24.0 Å². The number of aliphatic hydroxyl groups excluding tert-OH is 1. The zero-order valence-electron chi connectivity index (χ0n) is 17.2. The molecule has 0 aliphatic carbocycles. The van der Waals surface area contributed by atoms with Crippen molar-refractivity contribution in [3.63, 3.8) is 0 Å². The highest BCUT2D eigenvalue weighted by atomic mass is 32.2. The lowest BCUT2D eigenvalue weighted by atomic mass is 9.93. The third kappa shape index (κ3) is 3.76. The molecule has 0 saturated heterocycles. The van der Waals surface area contributed by atoms with Crippen LogP contribution in [-0.4, -0.2) is 25.0 Å². The lowest BCUT2D eigenvalue weighted by Crippen LogP contribution is -2.36. The predicted octanol–water partition coefficient (Wildman–Crippen LogP) is 3.63. The van der Waals surface area contributed by atoms with E-state index < -0.39 is 15.7 Å². The van der Waals surface area contributed by atoms with Crippen LogP contribution in [0.4, 0.5) is 5.69 Å². The van der Waals surface area contributed by atoms with E-state index in [0.29, 0.717) is 17.5 Å². The second-order valence-corrected chi connectivity index (χ2v) is 10.4. The smallest absolute Gasteiger partial charge is 0.256 e. The number of rotatable bonds is 6. The number of anilines is 1. The molecule has 2 aromatic carbocycles. The van der Waals surface area contributed by atoms with E-state index in [0.717, 1.165) is 27.8 Å². The van der Waals surface area contributed by atoms with Crippen molar-refractivity contribution >= 4 is 33.5 Å². The van der Waals surface area contributed by atoms with Gasteiger partial charge in [-0.15, -0.1) is 0 Å². The number of carbonyl (C=O) groups is 1. The quantitative estimate of drug-likeness (QED) is 0.565. The van der Waals surface area contributed by atoms with Crippen LogP contribution in [0.25, 0.3) is 10.9 Å². The van der Waals surface area contributed by atoms with Gasteiger partial charge in [-0.05, 0) is 56.0 Å². The summed E-state index contributed by atoms with van der Waals surface area (Å²) >= 11 is 0.